The molecule has 0 saturated carbocycles. The number of likely N-dealkylation sites (tertiary alicyclic amines) is 1. The quantitative estimate of drug-likeness (QED) is 0.369. The molecule has 2 rings (SSSR count). The van der Waals surface area contributed by atoms with Crippen LogP contribution in [-0.4, -0.2) is 50.1 Å². The molecule has 7 heteroatoms. The van der Waals surface area contributed by atoms with E-state index in [2.05, 4.69) is 27.4 Å². The van der Waals surface area contributed by atoms with Gasteiger partial charge in [0.15, 0.2) is 5.96 Å². The molecule has 0 aliphatic carbocycles. The summed E-state index contributed by atoms with van der Waals surface area (Å²) in [4.78, 5) is 6.78. The molecular formula is C18H29ClFIN4. The number of hydrogen-bond donors (Lipinski definition) is 2. The van der Waals surface area contributed by atoms with E-state index in [4.69, 9.17) is 11.6 Å². The Morgan fingerprint density at radius 1 is 1.36 bits per heavy atom. The van der Waals surface area contributed by atoms with Crippen LogP contribution in [0.2, 0.25) is 5.02 Å². The lowest BCUT2D eigenvalue weighted by Crippen LogP contribution is -2.49. The van der Waals surface area contributed by atoms with Crippen LogP contribution in [0.4, 0.5) is 4.39 Å². The number of rotatable bonds is 6. The SMILES string of the molecule is CCCN1CCC(NC(=NC)NCCc2c(F)cccc2Cl)CC1.I. The molecule has 2 N–H and O–H groups in total. The largest absolute Gasteiger partial charge is 0.356 e. The Morgan fingerprint density at radius 3 is 2.68 bits per heavy atom. The first-order valence-electron chi connectivity index (χ1n) is 8.76. The third-order valence-electron chi connectivity index (χ3n) is 4.42. The molecule has 0 unspecified atom stereocenters. The van der Waals surface area contributed by atoms with Crippen LogP contribution in [0.1, 0.15) is 31.7 Å². The average molecular weight is 483 g/mol. The first kappa shape index (κ1) is 22.4. The normalized spacial score (nSPS) is 16.4. The predicted octanol–water partition coefficient (Wildman–Crippen LogP) is 3.68. The van der Waals surface area contributed by atoms with E-state index in [1.807, 2.05) is 0 Å². The van der Waals surface area contributed by atoms with Crippen LogP contribution in [0.3, 0.4) is 0 Å². The van der Waals surface area contributed by atoms with Crippen LogP contribution < -0.4 is 10.6 Å². The standard InChI is InChI=1S/C18H28ClFN4.HI/c1-3-11-24-12-8-14(9-13-24)23-18(21-2)22-10-7-15-16(19)5-4-6-17(15)20;/h4-6,14H,3,7-13H2,1-2H3,(H2,21,22,23);1H. The van der Waals surface area contributed by atoms with Gasteiger partial charge in [0.2, 0.25) is 0 Å². The van der Waals surface area contributed by atoms with Crippen LogP contribution in [0.15, 0.2) is 23.2 Å². The highest BCUT2D eigenvalue weighted by atomic mass is 127. The van der Waals surface area contributed by atoms with E-state index in [0.717, 1.165) is 31.9 Å². The van der Waals surface area contributed by atoms with E-state index in [9.17, 15) is 4.39 Å². The second-order valence-corrected chi connectivity index (χ2v) is 6.62. The number of guanidine groups is 1. The van der Waals surface area contributed by atoms with Crippen molar-refractivity contribution in [2.75, 3.05) is 33.2 Å². The highest BCUT2D eigenvalue weighted by molar-refractivity contribution is 14.0. The summed E-state index contributed by atoms with van der Waals surface area (Å²) in [5.74, 6) is 0.520. The molecule has 0 spiro atoms. The summed E-state index contributed by atoms with van der Waals surface area (Å²) >= 11 is 6.06. The van der Waals surface area contributed by atoms with E-state index in [-0.39, 0.29) is 29.8 Å². The highest BCUT2D eigenvalue weighted by Gasteiger charge is 2.19. The molecule has 1 heterocycles. The van der Waals surface area contributed by atoms with Crippen molar-refractivity contribution < 1.29 is 4.39 Å². The molecular weight excluding hydrogens is 454 g/mol. The molecule has 0 aromatic heterocycles. The van der Waals surface area contributed by atoms with Crippen molar-refractivity contribution in [3.63, 3.8) is 0 Å². The molecule has 4 nitrogen and oxygen atoms in total. The van der Waals surface area contributed by atoms with Crippen LogP contribution in [0.25, 0.3) is 0 Å². The molecule has 0 radical (unpaired) electrons. The predicted molar refractivity (Wildman–Crippen MR) is 115 cm³/mol. The number of nitrogens with zero attached hydrogens (tertiary/aromatic N) is 2. The fourth-order valence-corrected chi connectivity index (χ4v) is 3.34. The molecule has 1 saturated heterocycles. The minimum atomic E-state index is -0.254. The summed E-state index contributed by atoms with van der Waals surface area (Å²) in [6.07, 6.45) is 3.99. The third kappa shape index (κ3) is 7.27. The van der Waals surface area contributed by atoms with Crippen LogP contribution in [-0.2, 0) is 6.42 Å². The van der Waals surface area contributed by atoms with Gasteiger partial charge < -0.3 is 15.5 Å². The lowest BCUT2D eigenvalue weighted by molar-refractivity contribution is 0.206. The van der Waals surface area contributed by atoms with Gasteiger partial charge in [0.05, 0.1) is 0 Å². The van der Waals surface area contributed by atoms with Crippen molar-refractivity contribution in [3.05, 3.63) is 34.6 Å². The summed E-state index contributed by atoms with van der Waals surface area (Å²) in [5, 5.41) is 7.20. The number of halogens is 3. The molecule has 142 valence electrons. The Labute approximate surface area is 172 Å². The van der Waals surface area contributed by atoms with Crippen LogP contribution in [0, 0.1) is 5.82 Å². The molecule has 1 aromatic carbocycles. The second-order valence-electron chi connectivity index (χ2n) is 6.21. The van der Waals surface area contributed by atoms with Crippen LogP contribution in [0.5, 0.6) is 0 Å². The summed E-state index contributed by atoms with van der Waals surface area (Å²) in [7, 11) is 1.76. The minimum Gasteiger partial charge on any atom is -0.356 e. The highest BCUT2D eigenvalue weighted by Crippen LogP contribution is 2.19. The molecule has 1 aliphatic rings. The number of aliphatic imine (C=N–C) groups is 1. The van der Waals surface area contributed by atoms with Crippen molar-refractivity contribution >= 4 is 41.5 Å². The topological polar surface area (TPSA) is 39.7 Å². The van der Waals surface area contributed by atoms with Gasteiger partial charge >= 0.3 is 0 Å². The maximum Gasteiger partial charge on any atom is 0.191 e. The Kier molecular flexibility index (Phi) is 10.7. The lowest BCUT2D eigenvalue weighted by atomic mass is 10.1. The number of nitrogens with one attached hydrogen (secondary N) is 2. The van der Waals surface area contributed by atoms with E-state index < -0.39 is 0 Å². The van der Waals surface area contributed by atoms with E-state index in [1.165, 1.54) is 19.0 Å². The smallest absolute Gasteiger partial charge is 0.191 e. The summed E-state index contributed by atoms with van der Waals surface area (Å²) in [6.45, 7) is 6.26. The Hall–Kier alpha value is -0.600. The number of hydrogen-bond acceptors (Lipinski definition) is 2. The third-order valence-corrected chi connectivity index (χ3v) is 4.78. The van der Waals surface area contributed by atoms with Gasteiger partial charge in [-0.2, -0.15) is 0 Å². The van der Waals surface area contributed by atoms with Gasteiger partial charge in [0, 0.05) is 43.3 Å². The van der Waals surface area contributed by atoms with Crippen LogP contribution >= 0.6 is 35.6 Å². The zero-order valence-electron chi connectivity index (χ0n) is 15.0. The molecule has 1 aromatic rings. The van der Waals surface area contributed by atoms with Crippen molar-refractivity contribution in [2.45, 2.75) is 38.6 Å². The maximum absolute atomic E-state index is 13.8. The van der Waals surface area contributed by atoms with Gasteiger partial charge in [-0.3, -0.25) is 4.99 Å². The molecule has 1 aliphatic heterocycles. The van der Waals surface area contributed by atoms with Crippen molar-refractivity contribution in [1.82, 2.24) is 15.5 Å². The van der Waals surface area contributed by atoms with Gasteiger partial charge in [0.1, 0.15) is 5.82 Å². The lowest BCUT2D eigenvalue weighted by Gasteiger charge is -2.32. The van der Waals surface area contributed by atoms with Gasteiger partial charge in [-0.25, -0.2) is 4.39 Å². The average Bonchev–Trinajstić information content (AvgIpc) is 2.58. The molecule has 0 atom stereocenters. The summed E-state index contributed by atoms with van der Waals surface area (Å²) in [6, 6.07) is 5.23. The molecule has 1 fully saturated rings. The van der Waals surface area contributed by atoms with Gasteiger partial charge in [0.25, 0.3) is 0 Å². The zero-order chi connectivity index (χ0) is 17.4. The second kappa shape index (κ2) is 11.9. The van der Waals surface area contributed by atoms with E-state index in [0.29, 0.717) is 29.6 Å². The van der Waals surface area contributed by atoms with Gasteiger partial charge in [-0.1, -0.05) is 24.6 Å². The minimum absolute atomic E-state index is 0. The monoisotopic (exact) mass is 482 g/mol. The van der Waals surface area contributed by atoms with E-state index in [1.54, 1.807) is 19.2 Å². The first-order chi connectivity index (χ1) is 11.6. The summed E-state index contributed by atoms with van der Waals surface area (Å²) < 4.78 is 13.8. The molecule has 0 bridgehead atoms. The molecule has 25 heavy (non-hydrogen) atoms. The van der Waals surface area contributed by atoms with Crippen molar-refractivity contribution in [2.24, 2.45) is 4.99 Å². The number of benzene rings is 1. The molecule has 0 amide bonds. The van der Waals surface area contributed by atoms with Gasteiger partial charge in [-0.05, 0) is 44.4 Å². The fourth-order valence-electron chi connectivity index (χ4n) is 3.08. The summed E-state index contributed by atoms with van der Waals surface area (Å²) in [5.41, 5.74) is 0.551. The van der Waals surface area contributed by atoms with Crippen molar-refractivity contribution in [1.29, 1.82) is 0 Å². The Morgan fingerprint density at radius 2 is 2.08 bits per heavy atom. The first-order valence-corrected chi connectivity index (χ1v) is 9.14. The van der Waals surface area contributed by atoms with E-state index >= 15 is 0 Å². The maximum atomic E-state index is 13.8. The fraction of sp³-hybridized carbons (Fsp3) is 0.611. The zero-order valence-corrected chi connectivity index (χ0v) is 18.1. The number of piperidine rings is 1. The Balaban J connectivity index is 0.00000312. The van der Waals surface area contributed by atoms with Crippen molar-refractivity contribution in [3.8, 4) is 0 Å². The Bertz CT molecular complexity index is 528. The van der Waals surface area contributed by atoms with Gasteiger partial charge in [-0.15, -0.1) is 24.0 Å².